The monoisotopic (exact) mass is 491 g/mol. The van der Waals surface area contributed by atoms with Crippen molar-refractivity contribution in [3.63, 3.8) is 0 Å². The molecule has 3 amide bonds. The molecule has 2 aromatic carbocycles. The zero-order valence-corrected chi connectivity index (χ0v) is 18.2. The van der Waals surface area contributed by atoms with Crippen molar-refractivity contribution < 1.29 is 14.4 Å². The highest BCUT2D eigenvalue weighted by molar-refractivity contribution is 9.10. The third kappa shape index (κ3) is 4.24. The highest BCUT2D eigenvalue weighted by Crippen LogP contribution is 2.34. The summed E-state index contributed by atoms with van der Waals surface area (Å²) >= 11 is 10.3. The van der Waals surface area contributed by atoms with Crippen molar-refractivity contribution in [3.8, 4) is 0 Å². The Labute approximate surface area is 185 Å². The molecule has 9 heteroatoms. The van der Waals surface area contributed by atoms with Gasteiger partial charge in [-0.1, -0.05) is 63.6 Å². The fourth-order valence-electron chi connectivity index (χ4n) is 3.24. The van der Waals surface area contributed by atoms with Crippen LogP contribution in [0.1, 0.15) is 23.6 Å². The molecular formula is C20H15BrClN3O3S. The van der Waals surface area contributed by atoms with Gasteiger partial charge >= 0.3 is 0 Å². The maximum Gasteiger partial charge on any atom is 0.289 e. The first-order valence-corrected chi connectivity index (χ1v) is 11.0. The first kappa shape index (κ1) is 20.1. The van der Waals surface area contributed by atoms with Crippen LogP contribution in [0.25, 0.3) is 0 Å². The summed E-state index contributed by atoms with van der Waals surface area (Å²) in [6.45, 7) is -0.314. The molecule has 148 valence electrons. The number of hydrazone groups is 1. The van der Waals surface area contributed by atoms with Gasteiger partial charge in [-0.2, -0.15) is 5.10 Å². The number of hydrogen-bond donors (Lipinski definition) is 0. The first-order chi connectivity index (χ1) is 13.9. The summed E-state index contributed by atoms with van der Waals surface area (Å²) in [5, 5.41) is 6.14. The van der Waals surface area contributed by atoms with Gasteiger partial charge in [0.05, 0.1) is 17.5 Å². The number of carbonyl (C=O) groups excluding carboxylic acids is 3. The van der Waals surface area contributed by atoms with E-state index in [0.29, 0.717) is 11.4 Å². The molecule has 2 aliphatic heterocycles. The number of imide groups is 1. The Balaban J connectivity index is 1.64. The van der Waals surface area contributed by atoms with Crippen LogP contribution in [-0.4, -0.2) is 45.0 Å². The second kappa shape index (κ2) is 8.30. The lowest BCUT2D eigenvalue weighted by Crippen LogP contribution is -2.40. The fourth-order valence-corrected chi connectivity index (χ4v) is 4.36. The number of carbonyl (C=O) groups is 3. The average Bonchev–Trinajstić information content (AvgIpc) is 3.28. The number of benzene rings is 2. The number of halogens is 2. The van der Waals surface area contributed by atoms with E-state index in [4.69, 9.17) is 11.6 Å². The van der Waals surface area contributed by atoms with Crippen molar-refractivity contribution in [1.82, 2.24) is 9.91 Å². The molecular weight excluding hydrogens is 478 g/mol. The lowest BCUT2D eigenvalue weighted by atomic mass is 9.98. The van der Waals surface area contributed by atoms with Crippen molar-refractivity contribution in [2.45, 2.75) is 12.5 Å². The van der Waals surface area contributed by atoms with Gasteiger partial charge in [-0.25, -0.2) is 5.01 Å². The number of nitrogens with zero attached hydrogens (tertiary/aromatic N) is 3. The minimum Gasteiger partial charge on any atom is -0.273 e. The zero-order chi connectivity index (χ0) is 20.5. The molecule has 0 aromatic heterocycles. The van der Waals surface area contributed by atoms with Crippen LogP contribution in [0.3, 0.4) is 0 Å². The molecule has 1 saturated heterocycles. The Morgan fingerprint density at radius 3 is 2.45 bits per heavy atom. The van der Waals surface area contributed by atoms with Crippen LogP contribution in [-0.2, 0) is 9.59 Å². The molecule has 0 radical (unpaired) electrons. The van der Waals surface area contributed by atoms with E-state index >= 15 is 0 Å². The molecule has 6 nitrogen and oxygen atoms in total. The highest BCUT2D eigenvalue weighted by atomic mass is 79.9. The summed E-state index contributed by atoms with van der Waals surface area (Å²) in [5.41, 5.74) is 2.55. The second-order valence-corrected chi connectivity index (χ2v) is 8.88. The van der Waals surface area contributed by atoms with Gasteiger partial charge in [0.1, 0.15) is 6.54 Å². The smallest absolute Gasteiger partial charge is 0.273 e. The van der Waals surface area contributed by atoms with Crippen LogP contribution in [0.4, 0.5) is 4.79 Å². The van der Waals surface area contributed by atoms with E-state index in [1.807, 2.05) is 36.4 Å². The largest absolute Gasteiger partial charge is 0.289 e. The van der Waals surface area contributed by atoms with Crippen molar-refractivity contribution >= 4 is 62.1 Å². The molecule has 29 heavy (non-hydrogen) atoms. The van der Waals surface area contributed by atoms with Gasteiger partial charge in [-0.3, -0.25) is 19.3 Å². The van der Waals surface area contributed by atoms with Crippen LogP contribution in [0.5, 0.6) is 0 Å². The number of amides is 3. The van der Waals surface area contributed by atoms with Crippen LogP contribution >= 0.6 is 39.3 Å². The summed E-state index contributed by atoms with van der Waals surface area (Å²) in [6.07, 6.45) is 0.519. The van der Waals surface area contributed by atoms with E-state index in [1.54, 1.807) is 12.1 Å². The molecule has 0 saturated carbocycles. The van der Waals surface area contributed by atoms with E-state index in [0.717, 1.165) is 38.0 Å². The predicted octanol–water partition coefficient (Wildman–Crippen LogP) is 4.48. The van der Waals surface area contributed by atoms with E-state index in [2.05, 4.69) is 21.0 Å². The third-order valence-electron chi connectivity index (χ3n) is 4.73. The van der Waals surface area contributed by atoms with E-state index < -0.39 is 11.1 Å². The Bertz CT molecular complexity index is 995. The summed E-state index contributed by atoms with van der Waals surface area (Å²) in [5.74, 6) is -0.686. The molecule has 2 aromatic rings. The standard InChI is InChI=1S/C20H15BrClN3O3S/c21-14-5-1-12(2-6-14)16-9-17(13-3-7-15(22)8-4-13)25(23-16)18(26)10-24-19(27)11-29-20(24)28/h1-8,17H,9-11H2. The van der Waals surface area contributed by atoms with Gasteiger partial charge in [-0.15, -0.1) is 0 Å². The summed E-state index contributed by atoms with van der Waals surface area (Å²) < 4.78 is 0.950. The van der Waals surface area contributed by atoms with Gasteiger partial charge in [0.2, 0.25) is 5.91 Å². The zero-order valence-electron chi connectivity index (χ0n) is 15.0. The normalized spacial score (nSPS) is 19.1. The van der Waals surface area contributed by atoms with Crippen molar-refractivity contribution in [2.75, 3.05) is 12.3 Å². The van der Waals surface area contributed by atoms with Gasteiger partial charge in [-0.05, 0) is 35.4 Å². The number of thioether (sulfide) groups is 1. The Hall–Kier alpha value is -2.16. The Morgan fingerprint density at radius 2 is 1.83 bits per heavy atom. The quantitative estimate of drug-likeness (QED) is 0.631. The number of rotatable bonds is 4. The van der Waals surface area contributed by atoms with Gasteiger partial charge in [0.15, 0.2) is 0 Å². The Morgan fingerprint density at radius 1 is 1.14 bits per heavy atom. The fraction of sp³-hybridized carbons (Fsp3) is 0.200. The summed E-state index contributed by atoms with van der Waals surface area (Å²) in [7, 11) is 0. The maximum absolute atomic E-state index is 13.0. The van der Waals surface area contributed by atoms with Crippen LogP contribution in [0.15, 0.2) is 58.1 Å². The van der Waals surface area contributed by atoms with E-state index in [9.17, 15) is 14.4 Å². The topological polar surface area (TPSA) is 70.1 Å². The van der Waals surface area contributed by atoms with Gasteiger partial charge < -0.3 is 0 Å². The molecule has 4 rings (SSSR count). The third-order valence-corrected chi connectivity index (χ3v) is 6.37. The first-order valence-electron chi connectivity index (χ1n) is 8.80. The lowest BCUT2D eigenvalue weighted by molar-refractivity contribution is -0.137. The van der Waals surface area contributed by atoms with Crippen LogP contribution in [0, 0.1) is 0 Å². The molecule has 1 atom stereocenters. The molecule has 1 unspecified atom stereocenters. The van der Waals surface area contributed by atoms with Crippen LogP contribution < -0.4 is 0 Å². The predicted molar refractivity (Wildman–Crippen MR) is 116 cm³/mol. The molecule has 0 bridgehead atoms. The number of hydrogen-bond acceptors (Lipinski definition) is 5. The Kier molecular flexibility index (Phi) is 5.76. The molecule has 0 aliphatic carbocycles. The van der Waals surface area contributed by atoms with Crippen molar-refractivity contribution in [2.24, 2.45) is 5.10 Å². The molecule has 0 spiro atoms. The minimum absolute atomic E-state index is 0.0696. The van der Waals surface area contributed by atoms with Crippen molar-refractivity contribution in [1.29, 1.82) is 0 Å². The lowest BCUT2D eigenvalue weighted by Gasteiger charge is -2.23. The second-order valence-electron chi connectivity index (χ2n) is 6.60. The SMILES string of the molecule is O=C1CSC(=O)N1CC(=O)N1N=C(c2ccc(Br)cc2)CC1c1ccc(Cl)cc1. The van der Waals surface area contributed by atoms with Gasteiger partial charge in [0.25, 0.3) is 11.1 Å². The average molecular weight is 493 g/mol. The van der Waals surface area contributed by atoms with Gasteiger partial charge in [0, 0.05) is 15.9 Å². The minimum atomic E-state index is -0.402. The highest BCUT2D eigenvalue weighted by Gasteiger charge is 2.37. The summed E-state index contributed by atoms with van der Waals surface area (Å²) in [4.78, 5) is 37.8. The maximum atomic E-state index is 13.0. The molecule has 0 N–H and O–H groups in total. The van der Waals surface area contributed by atoms with Crippen molar-refractivity contribution in [3.05, 3.63) is 69.2 Å². The molecule has 1 fully saturated rings. The molecule has 2 aliphatic rings. The van der Waals surface area contributed by atoms with E-state index in [1.165, 1.54) is 5.01 Å². The van der Waals surface area contributed by atoms with E-state index in [-0.39, 0.29) is 24.2 Å². The summed E-state index contributed by atoms with van der Waals surface area (Å²) in [6, 6.07) is 14.6. The van der Waals surface area contributed by atoms with Crippen LogP contribution in [0.2, 0.25) is 5.02 Å². The molecule has 2 heterocycles.